The minimum Gasteiger partial charge on any atom is -0.348 e. The highest BCUT2D eigenvalue weighted by molar-refractivity contribution is 5.73. The summed E-state index contributed by atoms with van der Waals surface area (Å²) in [5.74, 6) is 0. The zero-order valence-corrected chi connectivity index (χ0v) is 22.6. The van der Waals surface area contributed by atoms with E-state index in [1.165, 1.54) is 83.5 Å². The second kappa shape index (κ2) is 18.7. The number of rotatable bonds is 16. The molecule has 194 valence electrons. The van der Waals surface area contributed by atoms with Crippen molar-refractivity contribution < 1.29 is 0 Å². The smallest absolute Gasteiger partial charge is 0.136 e. The molecule has 0 saturated heterocycles. The molecule has 0 spiro atoms. The van der Waals surface area contributed by atoms with Crippen LogP contribution in [0.4, 0.5) is 0 Å². The van der Waals surface area contributed by atoms with Gasteiger partial charge < -0.3 is 4.90 Å². The van der Waals surface area contributed by atoms with Crippen molar-refractivity contribution in [3.05, 3.63) is 70.9 Å². The molecule has 1 aliphatic rings. The quantitative estimate of drug-likeness (QED) is 0.226. The molecular formula is C33H42N4. The highest BCUT2D eigenvalue weighted by atomic mass is 15.1. The molecule has 1 heterocycles. The molecule has 1 aromatic carbocycles. The molecular weight excluding hydrogens is 452 g/mol. The number of allylic oxidation sites excluding steroid dienone is 4. The van der Waals surface area contributed by atoms with E-state index in [9.17, 15) is 5.26 Å². The van der Waals surface area contributed by atoms with Crippen LogP contribution in [0.25, 0.3) is 11.1 Å². The molecule has 0 N–H and O–H groups in total. The maximum absolute atomic E-state index is 9.77. The average molecular weight is 495 g/mol. The first kappa shape index (κ1) is 29.7. The van der Waals surface area contributed by atoms with Crippen LogP contribution in [-0.2, 0) is 0 Å². The molecule has 4 heteroatoms. The lowest BCUT2D eigenvalue weighted by atomic mass is 10.0. The molecule has 0 radical (unpaired) electrons. The summed E-state index contributed by atoms with van der Waals surface area (Å²) in [5, 5.41) is 29.2. The second-order valence-corrected chi connectivity index (χ2v) is 9.76. The minimum absolute atomic E-state index is 0.0723. The SMILES string of the molecule is CCCCCCCCCCCCCCCCN1C=CC=C/C1=C/C(C#N)=c1ccc(=C(C#N)C#N)cc1. The highest BCUT2D eigenvalue weighted by Crippen LogP contribution is 2.17. The lowest BCUT2D eigenvalue weighted by molar-refractivity contribution is 0.442. The van der Waals surface area contributed by atoms with Gasteiger partial charge in [0.05, 0.1) is 11.6 Å². The minimum atomic E-state index is 0.0723. The van der Waals surface area contributed by atoms with Gasteiger partial charge in [-0.05, 0) is 29.9 Å². The fourth-order valence-electron chi connectivity index (χ4n) is 4.60. The number of benzene rings is 1. The van der Waals surface area contributed by atoms with Gasteiger partial charge in [-0.15, -0.1) is 0 Å². The Labute approximate surface area is 224 Å². The molecule has 0 fully saturated rings. The molecule has 0 aromatic heterocycles. The van der Waals surface area contributed by atoms with Crippen LogP contribution in [0.3, 0.4) is 0 Å². The van der Waals surface area contributed by atoms with Crippen LogP contribution >= 0.6 is 0 Å². The molecule has 0 amide bonds. The third-order valence-electron chi connectivity index (χ3n) is 6.85. The number of hydrogen-bond donors (Lipinski definition) is 0. The van der Waals surface area contributed by atoms with Gasteiger partial charge in [-0.2, -0.15) is 15.8 Å². The lowest BCUT2D eigenvalue weighted by Gasteiger charge is -2.23. The van der Waals surface area contributed by atoms with Crippen molar-refractivity contribution in [2.75, 3.05) is 6.54 Å². The fourth-order valence-corrected chi connectivity index (χ4v) is 4.60. The van der Waals surface area contributed by atoms with Crippen molar-refractivity contribution in [3.8, 4) is 18.2 Å². The fraction of sp³-hybridized carbons (Fsp3) is 0.485. The predicted octanol–water partition coefficient (Wildman–Crippen LogP) is 7.31. The number of hydrogen-bond acceptors (Lipinski definition) is 4. The van der Waals surface area contributed by atoms with E-state index in [1.54, 1.807) is 24.3 Å². The molecule has 1 aromatic rings. The molecule has 0 saturated carbocycles. The largest absolute Gasteiger partial charge is 0.348 e. The summed E-state index contributed by atoms with van der Waals surface area (Å²) in [4.78, 5) is 2.21. The van der Waals surface area contributed by atoms with Gasteiger partial charge in [-0.1, -0.05) is 121 Å². The molecule has 0 unspecified atom stereocenters. The van der Waals surface area contributed by atoms with E-state index in [2.05, 4.69) is 24.1 Å². The predicted molar refractivity (Wildman–Crippen MR) is 153 cm³/mol. The number of nitriles is 3. The third kappa shape index (κ3) is 11.4. The first-order chi connectivity index (χ1) is 18.2. The zero-order chi connectivity index (χ0) is 26.6. The van der Waals surface area contributed by atoms with Gasteiger partial charge in [0.15, 0.2) is 0 Å². The van der Waals surface area contributed by atoms with Crippen molar-refractivity contribution >= 4 is 11.1 Å². The van der Waals surface area contributed by atoms with E-state index in [1.807, 2.05) is 36.4 Å². The number of nitrogens with zero attached hydrogens (tertiary/aromatic N) is 4. The molecule has 0 aliphatic carbocycles. The lowest BCUT2D eigenvalue weighted by Crippen LogP contribution is -2.19. The van der Waals surface area contributed by atoms with E-state index in [-0.39, 0.29) is 5.57 Å². The summed E-state index contributed by atoms with van der Waals surface area (Å²) in [6.07, 6.45) is 28.9. The van der Waals surface area contributed by atoms with Crippen molar-refractivity contribution in [3.63, 3.8) is 0 Å². The van der Waals surface area contributed by atoms with Crippen molar-refractivity contribution in [1.29, 1.82) is 15.8 Å². The van der Waals surface area contributed by atoms with Gasteiger partial charge in [0, 0.05) is 23.7 Å². The summed E-state index contributed by atoms with van der Waals surface area (Å²) in [6, 6.07) is 13.1. The van der Waals surface area contributed by atoms with Crippen LogP contribution in [-0.4, -0.2) is 11.4 Å². The topological polar surface area (TPSA) is 74.6 Å². The second-order valence-electron chi connectivity index (χ2n) is 9.76. The maximum atomic E-state index is 9.77. The van der Waals surface area contributed by atoms with E-state index >= 15 is 0 Å². The summed E-state index contributed by atoms with van der Waals surface area (Å²) >= 11 is 0. The summed E-state index contributed by atoms with van der Waals surface area (Å²) in [7, 11) is 0. The Morgan fingerprint density at radius 3 is 1.70 bits per heavy atom. The zero-order valence-electron chi connectivity index (χ0n) is 22.6. The van der Waals surface area contributed by atoms with Gasteiger partial charge in [0.2, 0.25) is 0 Å². The van der Waals surface area contributed by atoms with Crippen LogP contribution in [0, 0.1) is 34.0 Å². The molecule has 37 heavy (non-hydrogen) atoms. The first-order valence-corrected chi connectivity index (χ1v) is 14.1. The van der Waals surface area contributed by atoms with Crippen molar-refractivity contribution in [2.24, 2.45) is 0 Å². The van der Waals surface area contributed by atoms with Gasteiger partial charge in [0.1, 0.15) is 17.7 Å². The normalized spacial score (nSPS) is 13.2. The molecule has 1 aliphatic heterocycles. The van der Waals surface area contributed by atoms with E-state index < -0.39 is 0 Å². The Hall–Kier alpha value is -3.55. The molecule has 2 rings (SSSR count). The summed E-state index contributed by atoms with van der Waals surface area (Å²) in [5.41, 5.74) is 1.63. The van der Waals surface area contributed by atoms with Crippen LogP contribution in [0.2, 0.25) is 0 Å². The van der Waals surface area contributed by atoms with Gasteiger partial charge >= 0.3 is 0 Å². The van der Waals surface area contributed by atoms with Crippen LogP contribution in [0.1, 0.15) is 96.8 Å². The standard InChI is InChI=1S/C33H42N4/c1-2-3-4-5-6-7-8-9-10-11-12-13-14-16-23-37-24-17-15-18-33(37)25-31(26-34)29-19-21-30(22-20-29)32(27-35)28-36/h15,17-22,24-25H,2-14,16,23H2,1H3/b33-25-. The average Bonchev–Trinajstić information content (AvgIpc) is 2.93. The van der Waals surface area contributed by atoms with Gasteiger partial charge in [-0.25, -0.2) is 0 Å². The van der Waals surface area contributed by atoms with Crippen LogP contribution in [0.15, 0.2) is 60.5 Å². The summed E-state index contributed by atoms with van der Waals surface area (Å²) in [6.45, 7) is 3.21. The Morgan fingerprint density at radius 1 is 0.676 bits per heavy atom. The molecule has 0 bridgehead atoms. The highest BCUT2D eigenvalue weighted by Gasteiger charge is 2.08. The third-order valence-corrected chi connectivity index (χ3v) is 6.85. The maximum Gasteiger partial charge on any atom is 0.136 e. The van der Waals surface area contributed by atoms with Crippen molar-refractivity contribution in [2.45, 2.75) is 96.8 Å². The van der Waals surface area contributed by atoms with Gasteiger partial charge in [0.25, 0.3) is 0 Å². The van der Waals surface area contributed by atoms with Crippen LogP contribution in [0.5, 0.6) is 0 Å². The van der Waals surface area contributed by atoms with Crippen LogP contribution < -0.4 is 10.4 Å². The Kier molecular flexibility index (Phi) is 15.0. The van der Waals surface area contributed by atoms with E-state index in [0.717, 1.165) is 23.9 Å². The van der Waals surface area contributed by atoms with Crippen molar-refractivity contribution in [1.82, 2.24) is 4.90 Å². The Bertz CT molecular complexity index is 1130. The van der Waals surface area contributed by atoms with E-state index in [0.29, 0.717) is 10.8 Å². The Balaban J connectivity index is 1.77. The molecule has 0 atom stereocenters. The first-order valence-electron chi connectivity index (χ1n) is 14.1. The number of unbranched alkanes of at least 4 members (excludes halogenated alkanes) is 13. The van der Waals surface area contributed by atoms with Gasteiger partial charge in [-0.3, -0.25) is 0 Å². The van der Waals surface area contributed by atoms with E-state index in [4.69, 9.17) is 10.5 Å². The Morgan fingerprint density at radius 2 is 1.19 bits per heavy atom. The molecule has 4 nitrogen and oxygen atoms in total. The summed E-state index contributed by atoms with van der Waals surface area (Å²) < 4.78 is 0. The monoisotopic (exact) mass is 494 g/mol.